The molecular formula is C14H23N3O3. The fraction of sp³-hybridized carbons (Fsp3) is 0.714. The fourth-order valence-corrected chi connectivity index (χ4v) is 2.56. The molecule has 1 saturated heterocycles. The van der Waals surface area contributed by atoms with Gasteiger partial charge in [-0.2, -0.15) is 0 Å². The Balaban J connectivity index is 1.73. The minimum absolute atomic E-state index is 0.0289. The highest BCUT2D eigenvalue weighted by Crippen LogP contribution is 2.14. The summed E-state index contributed by atoms with van der Waals surface area (Å²) in [6.07, 6.45) is 4.92. The molecule has 1 fully saturated rings. The molecule has 0 bridgehead atoms. The molecule has 1 aliphatic rings. The summed E-state index contributed by atoms with van der Waals surface area (Å²) >= 11 is 0. The third-order valence-electron chi connectivity index (χ3n) is 3.87. The third-order valence-corrected chi connectivity index (χ3v) is 3.87. The van der Waals surface area contributed by atoms with E-state index in [2.05, 4.69) is 21.7 Å². The van der Waals surface area contributed by atoms with E-state index >= 15 is 0 Å². The quantitative estimate of drug-likeness (QED) is 0.820. The molecule has 0 aromatic carbocycles. The normalized spacial score (nSPS) is 17.8. The summed E-state index contributed by atoms with van der Waals surface area (Å²) in [5.41, 5.74) is -0.0289. The number of carboxylic acids is 1. The van der Waals surface area contributed by atoms with Crippen molar-refractivity contribution in [1.29, 1.82) is 0 Å². The number of carboxylic acid groups (broad SMARTS) is 1. The minimum atomic E-state index is -1.05. The van der Waals surface area contributed by atoms with Crippen LogP contribution < -0.4 is 0 Å². The highest BCUT2D eigenvalue weighted by molar-refractivity contribution is 5.84. The molecule has 0 radical (unpaired) electrons. The predicted octanol–water partition coefficient (Wildman–Crippen LogP) is 1.68. The first-order chi connectivity index (χ1) is 9.56. The fourth-order valence-electron chi connectivity index (χ4n) is 2.56. The smallest absolute Gasteiger partial charge is 0.357 e. The van der Waals surface area contributed by atoms with Crippen molar-refractivity contribution >= 4 is 5.97 Å². The maximum absolute atomic E-state index is 10.7. The van der Waals surface area contributed by atoms with Crippen molar-refractivity contribution in [2.24, 2.45) is 0 Å². The van der Waals surface area contributed by atoms with Gasteiger partial charge in [0.15, 0.2) is 5.69 Å². The molecule has 20 heavy (non-hydrogen) atoms. The van der Waals surface area contributed by atoms with Crippen LogP contribution in [0.3, 0.4) is 0 Å². The number of aromatic nitrogens is 1. The van der Waals surface area contributed by atoms with Gasteiger partial charge in [0.1, 0.15) is 6.26 Å². The van der Waals surface area contributed by atoms with E-state index in [1.54, 1.807) is 0 Å². The van der Waals surface area contributed by atoms with Gasteiger partial charge in [-0.05, 0) is 52.9 Å². The van der Waals surface area contributed by atoms with Crippen LogP contribution in [0.15, 0.2) is 10.7 Å². The van der Waals surface area contributed by atoms with Crippen molar-refractivity contribution in [3.8, 4) is 0 Å². The molecule has 0 spiro atoms. The highest BCUT2D eigenvalue weighted by Gasteiger charge is 2.18. The number of carbonyl (C=O) groups is 1. The van der Waals surface area contributed by atoms with Gasteiger partial charge in [0, 0.05) is 6.04 Å². The van der Waals surface area contributed by atoms with Crippen LogP contribution in [0.2, 0.25) is 0 Å². The van der Waals surface area contributed by atoms with Gasteiger partial charge in [-0.25, -0.2) is 9.78 Å². The Morgan fingerprint density at radius 1 is 1.55 bits per heavy atom. The van der Waals surface area contributed by atoms with E-state index in [9.17, 15) is 4.79 Å². The molecule has 1 aromatic heterocycles. The van der Waals surface area contributed by atoms with Gasteiger partial charge in [0.2, 0.25) is 5.89 Å². The number of aromatic carboxylic acids is 1. The van der Waals surface area contributed by atoms with Crippen molar-refractivity contribution in [3.05, 3.63) is 17.8 Å². The molecule has 2 rings (SSSR count). The summed E-state index contributed by atoms with van der Waals surface area (Å²) < 4.78 is 5.16. The number of hydrogen-bond acceptors (Lipinski definition) is 5. The summed E-state index contributed by atoms with van der Waals surface area (Å²) in [4.78, 5) is 19.3. The molecule has 6 heteroatoms. The summed E-state index contributed by atoms with van der Waals surface area (Å²) in [5, 5.41) is 8.79. The second kappa shape index (κ2) is 6.85. The third kappa shape index (κ3) is 4.05. The van der Waals surface area contributed by atoms with Gasteiger partial charge in [-0.3, -0.25) is 4.90 Å². The van der Waals surface area contributed by atoms with Gasteiger partial charge in [0.25, 0.3) is 0 Å². The molecule has 0 aliphatic carbocycles. The average Bonchev–Trinajstić information content (AvgIpc) is 3.06. The number of rotatable bonds is 7. The Morgan fingerprint density at radius 2 is 2.25 bits per heavy atom. The lowest BCUT2D eigenvalue weighted by molar-refractivity contribution is 0.0690. The zero-order valence-electron chi connectivity index (χ0n) is 12.2. The van der Waals surface area contributed by atoms with Gasteiger partial charge >= 0.3 is 5.97 Å². The predicted molar refractivity (Wildman–Crippen MR) is 74.7 cm³/mol. The van der Waals surface area contributed by atoms with E-state index in [0.29, 0.717) is 18.5 Å². The molecule has 1 atom stereocenters. The van der Waals surface area contributed by atoms with E-state index in [0.717, 1.165) is 13.0 Å². The highest BCUT2D eigenvalue weighted by atomic mass is 16.4. The standard InChI is InChI=1S/C14H23N3O3/c1-11(17-6-3-4-7-17)5-8-16(2)9-13-15-12(10-20-13)14(18)19/h10-11H,3-9H2,1-2H3,(H,18,19). The first kappa shape index (κ1) is 15.0. The van der Waals surface area contributed by atoms with E-state index in [1.165, 1.54) is 32.2 Å². The SMILES string of the molecule is CC(CCN(C)Cc1nc(C(=O)O)co1)N1CCCC1. The lowest BCUT2D eigenvalue weighted by Crippen LogP contribution is -2.33. The Bertz CT molecular complexity index is 441. The molecular weight excluding hydrogens is 258 g/mol. The summed E-state index contributed by atoms with van der Waals surface area (Å²) in [7, 11) is 2.00. The molecule has 112 valence electrons. The number of likely N-dealkylation sites (tertiary alicyclic amines) is 1. The van der Waals surface area contributed by atoms with Crippen LogP contribution in [0.1, 0.15) is 42.6 Å². The molecule has 1 N–H and O–H groups in total. The number of hydrogen-bond donors (Lipinski definition) is 1. The second-order valence-corrected chi connectivity index (χ2v) is 5.55. The second-order valence-electron chi connectivity index (χ2n) is 5.55. The van der Waals surface area contributed by atoms with Gasteiger partial charge in [0.05, 0.1) is 6.54 Å². The maximum atomic E-state index is 10.7. The molecule has 2 heterocycles. The van der Waals surface area contributed by atoms with Gasteiger partial charge in [-0.1, -0.05) is 0 Å². The zero-order chi connectivity index (χ0) is 14.5. The van der Waals surface area contributed by atoms with Crippen LogP contribution in [-0.2, 0) is 6.54 Å². The number of nitrogens with zero attached hydrogens (tertiary/aromatic N) is 3. The lowest BCUT2D eigenvalue weighted by Gasteiger charge is -2.25. The van der Waals surface area contributed by atoms with E-state index in [-0.39, 0.29) is 5.69 Å². The van der Waals surface area contributed by atoms with Gasteiger partial charge < -0.3 is 14.4 Å². The first-order valence-electron chi connectivity index (χ1n) is 7.16. The molecule has 0 amide bonds. The van der Waals surface area contributed by atoms with Crippen LogP contribution in [-0.4, -0.2) is 58.6 Å². The van der Waals surface area contributed by atoms with Crippen LogP contribution in [0, 0.1) is 0 Å². The Morgan fingerprint density at radius 3 is 2.85 bits per heavy atom. The Labute approximate surface area is 119 Å². The average molecular weight is 281 g/mol. The Hall–Kier alpha value is -1.40. The van der Waals surface area contributed by atoms with Crippen LogP contribution >= 0.6 is 0 Å². The lowest BCUT2D eigenvalue weighted by atomic mass is 10.2. The number of oxazole rings is 1. The molecule has 6 nitrogen and oxygen atoms in total. The van der Waals surface area contributed by atoms with Crippen LogP contribution in [0.25, 0.3) is 0 Å². The summed E-state index contributed by atoms with van der Waals surface area (Å²) in [5.74, 6) is -0.593. The van der Waals surface area contributed by atoms with Crippen molar-refractivity contribution in [2.45, 2.75) is 38.8 Å². The van der Waals surface area contributed by atoms with E-state index in [4.69, 9.17) is 9.52 Å². The molecule has 0 saturated carbocycles. The summed E-state index contributed by atoms with van der Waals surface area (Å²) in [6, 6.07) is 0.596. The Kier molecular flexibility index (Phi) is 5.14. The summed E-state index contributed by atoms with van der Waals surface area (Å²) in [6.45, 7) is 6.19. The molecule has 1 unspecified atom stereocenters. The zero-order valence-corrected chi connectivity index (χ0v) is 12.2. The monoisotopic (exact) mass is 281 g/mol. The van der Waals surface area contributed by atoms with E-state index in [1.807, 2.05) is 7.05 Å². The van der Waals surface area contributed by atoms with Crippen molar-refractivity contribution in [1.82, 2.24) is 14.8 Å². The van der Waals surface area contributed by atoms with Crippen molar-refractivity contribution in [3.63, 3.8) is 0 Å². The maximum Gasteiger partial charge on any atom is 0.357 e. The molecule has 1 aromatic rings. The van der Waals surface area contributed by atoms with Crippen molar-refractivity contribution in [2.75, 3.05) is 26.7 Å². The van der Waals surface area contributed by atoms with Crippen molar-refractivity contribution < 1.29 is 14.3 Å². The molecule has 1 aliphatic heterocycles. The largest absolute Gasteiger partial charge is 0.476 e. The minimum Gasteiger partial charge on any atom is -0.476 e. The van der Waals surface area contributed by atoms with Crippen LogP contribution in [0.5, 0.6) is 0 Å². The first-order valence-corrected chi connectivity index (χ1v) is 7.16. The topological polar surface area (TPSA) is 69.8 Å². The van der Waals surface area contributed by atoms with E-state index < -0.39 is 5.97 Å². The van der Waals surface area contributed by atoms with Crippen LogP contribution in [0.4, 0.5) is 0 Å². The van der Waals surface area contributed by atoms with Gasteiger partial charge in [-0.15, -0.1) is 0 Å².